The number of nitrogens with two attached hydrogens (primary N) is 1. The summed E-state index contributed by atoms with van der Waals surface area (Å²) in [6.07, 6.45) is 5.00. The van der Waals surface area contributed by atoms with Crippen molar-refractivity contribution < 1.29 is 0 Å². The van der Waals surface area contributed by atoms with Gasteiger partial charge in [0.1, 0.15) is 11.6 Å². The zero-order chi connectivity index (χ0) is 13.4. The zero-order valence-corrected chi connectivity index (χ0v) is 12.2. The molecule has 0 bridgehead atoms. The van der Waals surface area contributed by atoms with Crippen molar-refractivity contribution in [3.63, 3.8) is 0 Å². The second-order valence-corrected chi connectivity index (χ2v) is 6.14. The molecule has 0 spiro atoms. The zero-order valence-electron chi connectivity index (χ0n) is 10.7. The van der Waals surface area contributed by atoms with E-state index < -0.39 is 0 Å². The third-order valence-electron chi connectivity index (χ3n) is 4.13. The van der Waals surface area contributed by atoms with Crippen LogP contribution in [0.2, 0.25) is 10.0 Å². The van der Waals surface area contributed by atoms with Gasteiger partial charge in [-0.25, -0.2) is 4.98 Å². The molecule has 19 heavy (non-hydrogen) atoms. The molecule has 0 radical (unpaired) electrons. The van der Waals surface area contributed by atoms with Crippen molar-refractivity contribution >= 4 is 34.8 Å². The Morgan fingerprint density at radius 2 is 2.05 bits per heavy atom. The average molecular weight is 301 g/mol. The lowest BCUT2D eigenvalue weighted by Gasteiger charge is -2.32. The predicted octanol–water partition coefficient (Wildman–Crippen LogP) is 3.01. The molecule has 1 aromatic rings. The molecule has 2 saturated heterocycles. The number of nitrogens with one attached hydrogen (secondary N) is 1. The largest absolute Gasteiger partial charge is 0.382 e. The summed E-state index contributed by atoms with van der Waals surface area (Å²) < 4.78 is 0. The second-order valence-electron chi connectivity index (χ2n) is 5.32. The van der Waals surface area contributed by atoms with Crippen LogP contribution in [0.4, 0.5) is 11.6 Å². The summed E-state index contributed by atoms with van der Waals surface area (Å²) in [6, 6.07) is 2.66. The summed E-state index contributed by atoms with van der Waals surface area (Å²) in [5, 5.41) is 4.39. The van der Waals surface area contributed by atoms with Crippen molar-refractivity contribution in [2.24, 2.45) is 0 Å². The van der Waals surface area contributed by atoms with Gasteiger partial charge >= 0.3 is 0 Å². The first-order valence-corrected chi connectivity index (χ1v) is 7.53. The number of nitrogen functional groups attached to an aromatic ring is 1. The fourth-order valence-electron chi connectivity index (χ4n) is 3.17. The molecular weight excluding hydrogens is 283 g/mol. The number of anilines is 2. The minimum Gasteiger partial charge on any atom is -0.382 e. The minimum atomic E-state index is 0.326. The lowest BCUT2D eigenvalue weighted by atomic mass is 9.99. The lowest BCUT2D eigenvalue weighted by molar-refractivity contribution is 0.192. The normalized spacial score (nSPS) is 27.3. The predicted molar refractivity (Wildman–Crippen MR) is 79.9 cm³/mol. The number of piperidine rings is 1. The van der Waals surface area contributed by atoms with Gasteiger partial charge in [0.05, 0.1) is 10.0 Å². The molecule has 0 amide bonds. The maximum atomic E-state index is 6.18. The molecule has 1 aromatic heterocycles. The van der Waals surface area contributed by atoms with Crippen LogP contribution in [-0.2, 0) is 0 Å². The molecule has 2 atom stereocenters. The number of nitrogens with zero attached hydrogens (tertiary/aromatic N) is 2. The number of hydrogen-bond donors (Lipinski definition) is 2. The van der Waals surface area contributed by atoms with E-state index in [2.05, 4.69) is 15.2 Å². The third-order valence-corrected chi connectivity index (χ3v) is 4.73. The standard InChI is InChI=1S/C13H18Cl2N4/c14-8-7-9(15)13(18-12(8)16)17-10-4-6-19-5-2-1-3-11(10)19/h7,10-11H,1-6H2,(H3,16,17,18). The van der Waals surface area contributed by atoms with E-state index in [1.54, 1.807) is 6.07 Å². The van der Waals surface area contributed by atoms with Crippen LogP contribution in [-0.4, -0.2) is 35.1 Å². The fraction of sp³-hybridized carbons (Fsp3) is 0.615. The second kappa shape index (κ2) is 5.35. The first-order chi connectivity index (χ1) is 9.15. The molecule has 0 aliphatic carbocycles. The Bertz CT molecular complexity index is 480. The van der Waals surface area contributed by atoms with E-state index in [-0.39, 0.29) is 0 Å². The van der Waals surface area contributed by atoms with Crippen LogP contribution in [0.15, 0.2) is 6.07 Å². The Morgan fingerprint density at radius 3 is 2.89 bits per heavy atom. The van der Waals surface area contributed by atoms with Crippen LogP contribution in [0.1, 0.15) is 25.7 Å². The van der Waals surface area contributed by atoms with E-state index in [1.807, 2.05) is 0 Å². The van der Waals surface area contributed by atoms with Crippen LogP contribution in [0.3, 0.4) is 0 Å². The first-order valence-electron chi connectivity index (χ1n) is 6.77. The summed E-state index contributed by atoms with van der Waals surface area (Å²) in [5.41, 5.74) is 5.74. The van der Waals surface area contributed by atoms with E-state index in [9.17, 15) is 0 Å². The molecule has 104 valence electrons. The van der Waals surface area contributed by atoms with Gasteiger partial charge < -0.3 is 11.1 Å². The molecule has 3 heterocycles. The van der Waals surface area contributed by atoms with Crippen molar-refractivity contribution in [1.82, 2.24) is 9.88 Å². The molecule has 3 rings (SSSR count). The number of rotatable bonds is 2. The van der Waals surface area contributed by atoms with Gasteiger partial charge in [0, 0.05) is 18.6 Å². The van der Waals surface area contributed by atoms with Crippen molar-refractivity contribution in [2.75, 3.05) is 24.1 Å². The van der Waals surface area contributed by atoms with Gasteiger partial charge in [-0.15, -0.1) is 0 Å². The summed E-state index contributed by atoms with van der Waals surface area (Å²) in [7, 11) is 0. The molecule has 0 aromatic carbocycles. The lowest BCUT2D eigenvalue weighted by Crippen LogP contribution is -2.41. The Kier molecular flexibility index (Phi) is 3.74. The summed E-state index contributed by atoms with van der Waals surface area (Å²) in [4.78, 5) is 6.82. The highest BCUT2D eigenvalue weighted by Gasteiger charge is 2.35. The van der Waals surface area contributed by atoms with Gasteiger partial charge in [-0.05, 0) is 31.9 Å². The number of pyridine rings is 1. The Labute approximate surface area is 123 Å². The Morgan fingerprint density at radius 1 is 1.21 bits per heavy atom. The van der Waals surface area contributed by atoms with Crippen LogP contribution >= 0.6 is 23.2 Å². The van der Waals surface area contributed by atoms with Crippen LogP contribution in [0.25, 0.3) is 0 Å². The van der Waals surface area contributed by atoms with E-state index in [0.29, 0.717) is 33.8 Å². The molecule has 2 fully saturated rings. The van der Waals surface area contributed by atoms with E-state index in [4.69, 9.17) is 28.9 Å². The van der Waals surface area contributed by atoms with Gasteiger partial charge in [0.15, 0.2) is 0 Å². The van der Waals surface area contributed by atoms with Gasteiger partial charge in [0.25, 0.3) is 0 Å². The average Bonchev–Trinajstić information content (AvgIpc) is 2.80. The number of halogens is 2. The molecule has 4 nitrogen and oxygen atoms in total. The molecule has 3 N–H and O–H groups in total. The van der Waals surface area contributed by atoms with Crippen molar-refractivity contribution in [3.8, 4) is 0 Å². The van der Waals surface area contributed by atoms with E-state index in [1.165, 1.54) is 25.8 Å². The maximum absolute atomic E-state index is 6.18. The van der Waals surface area contributed by atoms with Gasteiger partial charge in [-0.1, -0.05) is 29.6 Å². The molecule has 2 unspecified atom stereocenters. The molecule has 2 aliphatic rings. The van der Waals surface area contributed by atoms with Gasteiger partial charge in [-0.3, -0.25) is 4.90 Å². The maximum Gasteiger partial charge on any atom is 0.147 e. The van der Waals surface area contributed by atoms with Gasteiger partial charge in [-0.2, -0.15) is 0 Å². The van der Waals surface area contributed by atoms with Crippen LogP contribution in [0.5, 0.6) is 0 Å². The smallest absolute Gasteiger partial charge is 0.147 e. The summed E-state index contributed by atoms with van der Waals surface area (Å²) >= 11 is 12.1. The Balaban J connectivity index is 1.76. The highest BCUT2D eigenvalue weighted by atomic mass is 35.5. The molecule has 6 heteroatoms. The van der Waals surface area contributed by atoms with Crippen molar-refractivity contribution in [3.05, 3.63) is 16.1 Å². The number of aromatic nitrogens is 1. The Hall–Kier alpha value is -0.710. The van der Waals surface area contributed by atoms with Crippen molar-refractivity contribution in [1.29, 1.82) is 0 Å². The monoisotopic (exact) mass is 300 g/mol. The third kappa shape index (κ3) is 2.62. The van der Waals surface area contributed by atoms with E-state index in [0.717, 1.165) is 13.0 Å². The number of fused-ring (bicyclic) bond motifs is 1. The summed E-state index contributed by atoms with van der Waals surface area (Å²) in [5.74, 6) is 0.980. The molecule has 2 aliphatic heterocycles. The summed E-state index contributed by atoms with van der Waals surface area (Å²) in [6.45, 7) is 2.37. The van der Waals surface area contributed by atoms with E-state index >= 15 is 0 Å². The minimum absolute atomic E-state index is 0.326. The van der Waals surface area contributed by atoms with Gasteiger partial charge in [0.2, 0.25) is 0 Å². The first kappa shape index (κ1) is 13.3. The SMILES string of the molecule is Nc1nc(NC2CCN3CCCCC23)c(Cl)cc1Cl. The quantitative estimate of drug-likeness (QED) is 0.881. The number of hydrogen-bond acceptors (Lipinski definition) is 4. The van der Waals surface area contributed by atoms with Crippen LogP contribution in [0, 0.1) is 0 Å². The molecular formula is C13H18Cl2N4. The highest BCUT2D eigenvalue weighted by Crippen LogP contribution is 2.32. The topological polar surface area (TPSA) is 54.2 Å². The molecule has 0 saturated carbocycles. The fourth-order valence-corrected chi connectivity index (χ4v) is 3.59. The highest BCUT2D eigenvalue weighted by molar-refractivity contribution is 6.37. The van der Waals surface area contributed by atoms with Crippen LogP contribution < -0.4 is 11.1 Å². The van der Waals surface area contributed by atoms with Crippen molar-refractivity contribution in [2.45, 2.75) is 37.8 Å².